The molecule has 0 N–H and O–H groups in total. The lowest BCUT2D eigenvalue weighted by atomic mass is 11.6. The summed E-state index contributed by atoms with van der Waals surface area (Å²) in [7, 11) is 0. The van der Waals surface area contributed by atoms with Crippen molar-refractivity contribution in [3.63, 3.8) is 0 Å². The van der Waals surface area contributed by atoms with Crippen molar-refractivity contribution in [2.24, 2.45) is 5.28 Å². The molecule has 0 saturated heterocycles. The molecule has 0 atom stereocenters. The van der Waals surface area contributed by atoms with Crippen molar-refractivity contribution in [3.05, 3.63) is 10.4 Å². The fourth-order valence-corrected chi connectivity index (χ4v) is 0.0349. The molecular formula is CN3O2. The molecule has 0 rings (SSSR count). The fraction of sp³-hybridized carbons (Fsp3) is 0. The van der Waals surface area contributed by atoms with Crippen molar-refractivity contribution in [3.8, 4) is 0 Å². The Bertz CT molecular complexity index is 82.8. The van der Waals surface area contributed by atoms with Gasteiger partial charge >= 0.3 is 6.47 Å². The predicted molar refractivity (Wildman–Crippen MR) is 15.9 cm³/mol. The molecule has 0 saturated carbocycles. The van der Waals surface area contributed by atoms with Gasteiger partial charge in [-0.25, -0.2) is 4.79 Å². The Morgan fingerprint density at radius 3 is 2.83 bits per heavy atom. The van der Waals surface area contributed by atoms with Crippen molar-refractivity contribution >= 4 is 6.47 Å². The van der Waals surface area contributed by atoms with Crippen molar-refractivity contribution in [1.82, 2.24) is 0 Å². The van der Waals surface area contributed by atoms with Crippen molar-refractivity contribution < 1.29 is 9.63 Å². The van der Waals surface area contributed by atoms with E-state index in [1.807, 2.05) is 0 Å². The molecular weight excluding hydrogens is 86.0 g/mol. The van der Waals surface area contributed by atoms with Crippen molar-refractivity contribution in [2.75, 3.05) is 0 Å². The summed E-state index contributed by atoms with van der Waals surface area (Å²) in [4.78, 5) is 14.4. The smallest absolute Gasteiger partial charge is 0.350 e. The van der Waals surface area contributed by atoms with E-state index in [2.05, 4.69) is 15.0 Å². The number of hydrogen-bond acceptors (Lipinski definition) is 3. The topological polar surface area (TPSA) is 75.1 Å². The normalized spacial score (nSPS) is 5.33. The summed E-state index contributed by atoms with van der Waals surface area (Å²) in [5.74, 6) is 0. The van der Waals surface area contributed by atoms with E-state index in [4.69, 9.17) is 10.3 Å². The van der Waals surface area contributed by atoms with E-state index in [-0.39, 0.29) is 0 Å². The van der Waals surface area contributed by atoms with E-state index in [9.17, 15) is 0 Å². The van der Waals surface area contributed by atoms with E-state index in [0.717, 1.165) is 6.47 Å². The molecule has 0 spiro atoms. The predicted octanol–water partition coefficient (Wildman–Crippen LogP) is 0.295. The zero-order chi connectivity index (χ0) is 4.83. The van der Waals surface area contributed by atoms with E-state index >= 15 is 0 Å². The van der Waals surface area contributed by atoms with Crippen LogP contribution in [0.5, 0.6) is 0 Å². The molecule has 0 aromatic rings. The molecule has 0 aliphatic rings. The summed E-state index contributed by atoms with van der Waals surface area (Å²) in [6.07, 6.45) is 0. The van der Waals surface area contributed by atoms with Gasteiger partial charge in [-0.3, -0.25) is 0 Å². The maximum atomic E-state index is 8.95. The summed E-state index contributed by atoms with van der Waals surface area (Å²) in [5.41, 5.74) is 7.35. The lowest BCUT2D eigenvalue weighted by Gasteiger charge is -1.64. The Hall–Kier alpha value is -1.22. The first-order valence-corrected chi connectivity index (χ1v) is 0.991. The maximum Gasteiger partial charge on any atom is 0.429 e. The summed E-state index contributed by atoms with van der Waals surface area (Å²) in [5, 5.41) is 2.35. The lowest BCUT2D eigenvalue weighted by molar-refractivity contribution is 0.289. The molecule has 0 amide bonds. The third kappa shape index (κ3) is 2.78. The van der Waals surface area contributed by atoms with Gasteiger partial charge < -0.3 is 4.84 Å². The summed E-state index contributed by atoms with van der Waals surface area (Å²) < 4.78 is 0. The third-order valence-corrected chi connectivity index (χ3v) is 0.115. The van der Waals surface area contributed by atoms with Crippen LogP contribution in [0.1, 0.15) is 0 Å². The van der Waals surface area contributed by atoms with Gasteiger partial charge in [0, 0.05) is 4.91 Å². The highest BCUT2D eigenvalue weighted by Crippen LogP contribution is 1.63. The van der Waals surface area contributed by atoms with Crippen molar-refractivity contribution in [1.29, 1.82) is 0 Å². The monoisotopic (exact) mass is 86.0 g/mol. The fourth-order valence-electron chi connectivity index (χ4n) is 0.0349. The van der Waals surface area contributed by atoms with Crippen LogP contribution in [-0.4, -0.2) is 6.47 Å². The number of rotatable bonds is 2. The van der Waals surface area contributed by atoms with Gasteiger partial charge in [0.25, 0.3) is 0 Å². The zero-order valence-corrected chi connectivity index (χ0v) is 2.66. The van der Waals surface area contributed by atoms with E-state index in [1.54, 1.807) is 0 Å². The number of nitrogens with zero attached hydrogens (tertiary/aromatic N) is 3. The minimum absolute atomic E-state index is 0.898. The van der Waals surface area contributed by atoms with Crippen LogP contribution in [0.25, 0.3) is 10.4 Å². The molecule has 0 aliphatic heterocycles. The van der Waals surface area contributed by atoms with Gasteiger partial charge in [0.2, 0.25) is 0 Å². The third-order valence-electron chi connectivity index (χ3n) is 0.115. The highest BCUT2D eigenvalue weighted by atomic mass is 16.7. The van der Waals surface area contributed by atoms with Crippen LogP contribution >= 0.6 is 0 Å². The van der Waals surface area contributed by atoms with Gasteiger partial charge in [0.05, 0.1) is 0 Å². The van der Waals surface area contributed by atoms with Crippen LogP contribution in [0.2, 0.25) is 0 Å². The molecule has 5 nitrogen and oxygen atoms in total. The molecule has 1 radical (unpaired) electrons. The highest BCUT2D eigenvalue weighted by molar-refractivity contribution is 5.37. The quantitative estimate of drug-likeness (QED) is 0.209. The average molecular weight is 86.0 g/mol. The summed E-state index contributed by atoms with van der Waals surface area (Å²) >= 11 is 0. The van der Waals surface area contributed by atoms with E-state index in [0.29, 0.717) is 0 Å². The average Bonchev–Trinajstić information content (AvgIpc) is 1.61. The molecule has 0 unspecified atom stereocenters. The Balaban J connectivity index is 3.07. The summed E-state index contributed by atoms with van der Waals surface area (Å²) in [6, 6.07) is 0. The minimum Gasteiger partial charge on any atom is -0.350 e. The van der Waals surface area contributed by atoms with Crippen LogP contribution in [0.3, 0.4) is 0 Å². The lowest BCUT2D eigenvalue weighted by Crippen LogP contribution is -1.66. The molecule has 6 heavy (non-hydrogen) atoms. The zero-order valence-electron chi connectivity index (χ0n) is 2.66. The first-order valence-electron chi connectivity index (χ1n) is 0.991. The van der Waals surface area contributed by atoms with Gasteiger partial charge in [0.15, 0.2) is 0 Å². The molecule has 31 valence electrons. The Labute approximate surface area is 33.1 Å². The second kappa shape index (κ2) is 3.78. The van der Waals surface area contributed by atoms with E-state index < -0.39 is 0 Å². The molecule has 0 aliphatic carbocycles. The SMILES string of the molecule is [N-]=[N+]=NO[C]=O. The Morgan fingerprint density at radius 2 is 2.67 bits per heavy atom. The Kier molecular flexibility index (Phi) is 3.01. The molecule has 0 fully saturated rings. The van der Waals surface area contributed by atoms with Gasteiger partial charge in [-0.15, -0.1) is 0 Å². The number of azide groups is 1. The van der Waals surface area contributed by atoms with Gasteiger partial charge in [-0.2, -0.15) is 0 Å². The van der Waals surface area contributed by atoms with Crippen LogP contribution < -0.4 is 0 Å². The van der Waals surface area contributed by atoms with Crippen LogP contribution in [-0.2, 0) is 9.63 Å². The van der Waals surface area contributed by atoms with Gasteiger partial charge in [-0.1, -0.05) is 0 Å². The first-order chi connectivity index (χ1) is 2.91. The molecule has 5 heteroatoms. The number of carbonyl (C=O) groups excluding carboxylic acids is 1. The molecule has 0 bridgehead atoms. The minimum atomic E-state index is 0.898. The standard InChI is InChI=1S/CN3O2/c2-3-4-6-1-5. The molecule has 0 aromatic carbocycles. The van der Waals surface area contributed by atoms with E-state index in [1.165, 1.54) is 0 Å². The number of hydrogen-bond donors (Lipinski definition) is 0. The second-order valence-corrected chi connectivity index (χ2v) is 0.346. The highest BCUT2D eigenvalue weighted by Gasteiger charge is 1.63. The molecule has 0 aromatic heterocycles. The van der Waals surface area contributed by atoms with Crippen LogP contribution in [0.15, 0.2) is 5.28 Å². The summed E-state index contributed by atoms with van der Waals surface area (Å²) in [6.45, 7) is 0.898. The second-order valence-electron chi connectivity index (χ2n) is 0.346. The van der Waals surface area contributed by atoms with Crippen LogP contribution in [0.4, 0.5) is 0 Å². The Morgan fingerprint density at radius 1 is 2.00 bits per heavy atom. The van der Waals surface area contributed by atoms with Crippen LogP contribution in [0, 0.1) is 0 Å². The maximum absolute atomic E-state index is 8.95. The molecule has 0 heterocycles. The van der Waals surface area contributed by atoms with Gasteiger partial charge in [-0.05, 0) is 5.53 Å². The van der Waals surface area contributed by atoms with Crippen molar-refractivity contribution in [2.45, 2.75) is 0 Å². The first kappa shape index (κ1) is 4.78. The largest absolute Gasteiger partial charge is 0.429 e. The van der Waals surface area contributed by atoms with Gasteiger partial charge in [0.1, 0.15) is 5.28 Å².